The van der Waals surface area contributed by atoms with Crippen molar-refractivity contribution in [1.82, 2.24) is 9.88 Å². The number of amides is 2. The number of carboxylic acid groups (broad SMARTS) is 1. The molecule has 3 aromatic rings. The van der Waals surface area contributed by atoms with Crippen molar-refractivity contribution in [2.24, 2.45) is 11.8 Å². The molecule has 0 saturated carbocycles. The first kappa shape index (κ1) is 23.5. The number of rotatable bonds is 3. The van der Waals surface area contributed by atoms with Crippen LogP contribution in [-0.2, 0) is 19.9 Å². The van der Waals surface area contributed by atoms with Gasteiger partial charge in [0.25, 0.3) is 11.8 Å². The highest BCUT2D eigenvalue weighted by molar-refractivity contribution is 7.22. The average molecular weight is 553 g/mol. The molecule has 4 atom stereocenters. The molecule has 186 valence electrons. The van der Waals surface area contributed by atoms with E-state index in [0.717, 1.165) is 9.60 Å². The summed E-state index contributed by atoms with van der Waals surface area (Å²) in [6.07, 6.45) is -0.784. The summed E-state index contributed by atoms with van der Waals surface area (Å²) in [6, 6.07) is 8.61. The Bertz CT molecular complexity index is 1450. The third kappa shape index (κ3) is 3.19. The second kappa shape index (κ2) is 7.82. The van der Waals surface area contributed by atoms with E-state index in [1.165, 1.54) is 23.5 Å². The number of alkyl halides is 2. The number of fused-ring (bicyclic) bond motifs is 5. The van der Waals surface area contributed by atoms with Gasteiger partial charge < -0.3 is 15.7 Å². The molecule has 3 aliphatic rings. The van der Waals surface area contributed by atoms with Crippen LogP contribution in [0.15, 0.2) is 36.4 Å². The lowest BCUT2D eigenvalue weighted by atomic mass is 9.73. The van der Waals surface area contributed by atoms with Gasteiger partial charge in [0.2, 0.25) is 5.91 Å². The van der Waals surface area contributed by atoms with Gasteiger partial charge >= 0.3 is 5.97 Å². The standard InChI is InChI=1S/C23H16Cl2F2N4O4S/c24-9-5-10-17(11(25)6-9)29-20(35)23(10)16(19(33)34)15(13-7-22(26,27)8-31(13)23)18(32)30-21-28-12-3-1-2-4-14(12)36-21/h1-6,13,15-16H,7-8H2,(H,29,35)(H,33,34)(H,28,30,32)/t13-,15+,16-,23+/m1/s1. The first-order valence-corrected chi connectivity index (χ1v) is 12.4. The van der Waals surface area contributed by atoms with Gasteiger partial charge in [-0.2, -0.15) is 0 Å². The number of carboxylic acids is 1. The number of anilines is 2. The number of thiazole rings is 1. The molecule has 36 heavy (non-hydrogen) atoms. The maximum atomic E-state index is 14.8. The highest BCUT2D eigenvalue weighted by atomic mass is 35.5. The van der Waals surface area contributed by atoms with E-state index in [1.807, 2.05) is 0 Å². The van der Waals surface area contributed by atoms with E-state index in [2.05, 4.69) is 15.6 Å². The van der Waals surface area contributed by atoms with Gasteiger partial charge in [-0.05, 0) is 24.3 Å². The predicted octanol–water partition coefficient (Wildman–Crippen LogP) is 4.43. The van der Waals surface area contributed by atoms with Crippen molar-refractivity contribution >= 4 is 73.4 Å². The summed E-state index contributed by atoms with van der Waals surface area (Å²) in [5.74, 6) is -9.55. The van der Waals surface area contributed by atoms with Gasteiger partial charge in [0.05, 0.1) is 33.4 Å². The maximum Gasteiger partial charge on any atom is 0.310 e. The number of aliphatic carboxylic acids is 1. The molecule has 4 heterocycles. The number of benzene rings is 2. The summed E-state index contributed by atoms with van der Waals surface area (Å²) < 4.78 is 30.3. The van der Waals surface area contributed by atoms with Gasteiger partial charge in [0, 0.05) is 23.0 Å². The summed E-state index contributed by atoms with van der Waals surface area (Å²) in [7, 11) is 0. The lowest BCUT2D eigenvalue weighted by Gasteiger charge is -2.35. The van der Waals surface area contributed by atoms with Crippen LogP contribution in [0.5, 0.6) is 0 Å². The van der Waals surface area contributed by atoms with Crippen LogP contribution < -0.4 is 10.6 Å². The van der Waals surface area contributed by atoms with Crippen molar-refractivity contribution in [3.63, 3.8) is 0 Å². The summed E-state index contributed by atoms with van der Waals surface area (Å²) in [6.45, 7) is -0.899. The first-order chi connectivity index (χ1) is 17.0. The van der Waals surface area contributed by atoms with E-state index in [1.54, 1.807) is 24.3 Å². The quantitative estimate of drug-likeness (QED) is 0.443. The van der Waals surface area contributed by atoms with Gasteiger partial charge in [-0.1, -0.05) is 46.7 Å². The van der Waals surface area contributed by atoms with Crippen molar-refractivity contribution in [3.05, 3.63) is 52.0 Å². The molecule has 3 N–H and O–H groups in total. The van der Waals surface area contributed by atoms with Crippen molar-refractivity contribution in [1.29, 1.82) is 0 Å². The minimum Gasteiger partial charge on any atom is -0.481 e. The van der Waals surface area contributed by atoms with Gasteiger partial charge in [-0.15, -0.1) is 0 Å². The van der Waals surface area contributed by atoms with E-state index in [9.17, 15) is 28.3 Å². The molecule has 2 amide bonds. The third-order valence-corrected chi connectivity index (χ3v) is 8.60. The Labute approximate surface area is 216 Å². The van der Waals surface area contributed by atoms with Crippen molar-refractivity contribution in [3.8, 4) is 0 Å². The fourth-order valence-electron chi connectivity index (χ4n) is 5.91. The molecule has 0 unspecified atom stereocenters. The fraction of sp³-hybridized carbons (Fsp3) is 0.304. The second-order valence-corrected chi connectivity index (χ2v) is 11.0. The van der Waals surface area contributed by atoms with Crippen molar-refractivity contribution in [2.45, 2.75) is 23.9 Å². The van der Waals surface area contributed by atoms with E-state index in [0.29, 0.717) is 5.52 Å². The molecule has 1 aromatic heterocycles. The summed E-state index contributed by atoms with van der Waals surface area (Å²) in [5, 5.41) is 15.9. The molecule has 0 bridgehead atoms. The zero-order valence-electron chi connectivity index (χ0n) is 18.1. The molecule has 2 saturated heterocycles. The Morgan fingerprint density at radius 1 is 1.25 bits per heavy atom. The molecular weight excluding hydrogens is 537 g/mol. The maximum absolute atomic E-state index is 14.8. The number of carbonyl (C=O) groups excluding carboxylic acids is 2. The second-order valence-electron chi connectivity index (χ2n) is 9.10. The lowest BCUT2D eigenvalue weighted by molar-refractivity contribution is -0.153. The lowest BCUT2D eigenvalue weighted by Crippen LogP contribution is -2.54. The predicted molar refractivity (Wildman–Crippen MR) is 130 cm³/mol. The number of hydrogen-bond donors (Lipinski definition) is 3. The van der Waals surface area contributed by atoms with Crippen LogP contribution in [0.2, 0.25) is 10.0 Å². The van der Waals surface area contributed by atoms with Crippen molar-refractivity contribution in [2.75, 3.05) is 17.2 Å². The number of aromatic nitrogens is 1. The van der Waals surface area contributed by atoms with Crippen LogP contribution in [0.1, 0.15) is 12.0 Å². The Morgan fingerprint density at radius 3 is 2.72 bits per heavy atom. The normalized spacial score (nSPS) is 28.3. The van der Waals surface area contributed by atoms with Crippen LogP contribution in [0, 0.1) is 11.8 Å². The molecule has 6 rings (SSSR count). The summed E-state index contributed by atoms with van der Waals surface area (Å²) in [4.78, 5) is 45.3. The Hall–Kier alpha value is -2.86. The molecule has 13 heteroatoms. The van der Waals surface area contributed by atoms with E-state index >= 15 is 0 Å². The van der Waals surface area contributed by atoms with Gasteiger partial charge in [-0.25, -0.2) is 13.8 Å². The molecule has 2 fully saturated rings. The molecular formula is C23H16Cl2F2N4O4S. The van der Waals surface area contributed by atoms with E-state index in [4.69, 9.17) is 23.2 Å². The summed E-state index contributed by atoms with van der Waals surface area (Å²) >= 11 is 13.6. The zero-order chi connectivity index (χ0) is 25.6. The van der Waals surface area contributed by atoms with Crippen LogP contribution in [0.4, 0.5) is 19.6 Å². The largest absolute Gasteiger partial charge is 0.481 e. The molecule has 3 aliphatic heterocycles. The Balaban J connectivity index is 1.50. The smallest absolute Gasteiger partial charge is 0.310 e. The number of hydrogen-bond acceptors (Lipinski definition) is 6. The van der Waals surface area contributed by atoms with Crippen molar-refractivity contribution < 1.29 is 28.3 Å². The van der Waals surface area contributed by atoms with E-state index in [-0.39, 0.29) is 26.4 Å². The molecule has 0 radical (unpaired) electrons. The zero-order valence-corrected chi connectivity index (χ0v) is 20.4. The number of para-hydroxylation sites is 1. The number of nitrogens with one attached hydrogen (secondary N) is 2. The fourth-order valence-corrected chi connectivity index (χ4v) is 7.32. The molecule has 2 aromatic carbocycles. The minimum atomic E-state index is -3.25. The number of carbonyl (C=O) groups is 3. The molecule has 8 nitrogen and oxygen atoms in total. The van der Waals surface area contributed by atoms with Gasteiger partial charge in [0.15, 0.2) is 5.13 Å². The molecule has 0 aliphatic carbocycles. The highest BCUT2D eigenvalue weighted by Gasteiger charge is 2.74. The monoisotopic (exact) mass is 552 g/mol. The molecule has 1 spiro atoms. The average Bonchev–Trinajstić information content (AvgIpc) is 3.48. The van der Waals surface area contributed by atoms with Crippen LogP contribution in [-0.4, -0.2) is 51.3 Å². The number of nitrogens with zero attached hydrogens (tertiary/aromatic N) is 2. The Kier molecular flexibility index (Phi) is 5.11. The third-order valence-electron chi connectivity index (χ3n) is 7.13. The Morgan fingerprint density at radius 2 is 2.00 bits per heavy atom. The van der Waals surface area contributed by atoms with Crippen LogP contribution >= 0.6 is 34.5 Å². The van der Waals surface area contributed by atoms with E-state index < -0.39 is 60.1 Å². The number of halogens is 4. The van der Waals surface area contributed by atoms with Crippen LogP contribution in [0.25, 0.3) is 10.2 Å². The van der Waals surface area contributed by atoms with Gasteiger partial charge in [0.1, 0.15) is 11.5 Å². The van der Waals surface area contributed by atoms with Crippen LogP contribution in [0.3, 0.4) is 0 Å². The topological polar surface area (TPSA) is 112 Å². The highest BCUT2D eigenvalue weighted by Crippen LogP contribution is 2.61. The van der Waals surface area contributed by atoms with Gasteiger partial charge in [-0.3, -0.25) is 19.3 Å². The minimum absolute atomic E-state index is 0.0387. The first-order valence-electron chi connectivity index (χ1n) is 10.9. The summed E-state index contributed by atoms with van der Waals surface area (Å²) in [5.41, 5.74) is -1.32. The SMILES string of the molecule is O=C(Nc1nc2ccccc2s1)[C@H]1[C@H]2CC(F)(F)CN2[C@]2(C(=O)Nc3c(Cl)cc(Cl)cc32)[C@H]1C(=O)O.